The molecule has 18 heavy (non-hydrogen) atoms. The van der Waals surface area contributed by atoms with Crippen molar-refractivity contribution in [3.05, 3.63) is 52.8 Å². The van der Waals surface area contributed by atoms with E-state index in [4.69, 9.17) is 17.3 Å². The van der Waals surface area contributed by atoms with Gasteiger partial charge in [-0.3, -0.25) is 9.78 Å². The second-order valence-electron chi connectivity index (χ2n) is 3.88. The summed E-state index contributed by atoms with van der Waals surface area (Å²) in [6.45, 7) is 1.89. The van der Waals surface area contributed by atoms with Crippen LogP contribution in [0.4, 0.5) is 11.4 Å². The highest BCUT2D eigenvalue weighted by Crippen LogP contribution is 2.21. The summed E-state index contributed by atoms with van der Waals surface area (Å²) in [5, 5.41) is 3.33. The van der Waals surface area contributed by atoms with Gasteiger partial charge in [-0.2, -0.15) is 0 Å². The number of nitrogens with zero attached hydrogens (tertiary/aromatic N) is 1. The predicted molar refractivity (Wildman–Crippen MR) is 72.8 cm³/mol. The average Bonchev–Trinajstić information content (AvgIpc) is 2.34. The van der Waals surface area contributed by atoms with Crippen molar-refractivity contribution in [1.82, 2.24) is 4.98 Å². The van der Waals surface area contributed by atoms with Crippen LogP contribution in [0.25, 0.3) is 0 Å². The number of nitrogens with one attached hydrogen (secondary N) is 1. The highest BCUT2D eigenvalue weighted by Gasteiger charge is 2.11. The number of hydrogen-bond donors (Lipinski definition) is 2. The lowest BCUT2D eigenvalue weighted by Crippen LogP contribution is -2.15. The molecule has 92 valence electrons. The quantitative estimate of drug-likeness (QED) is 0.873. The number of hydrogen-bond acceptors (Lipinski definition) is 3. The highest BCUT2D eigenvalue weighted by atomic mass is 35.5. The van der Waals surface area contributed by atoms with E-state index in [2.05, 4.69) is 10.3 Å². The SMILES string of the molecule is Cc1ccc(Cl)cc1NC(=O)c1cnccc1N. The molecule has 0 saturated carbocycles. The highest BCUT2D eigenvalue weighted by molar-refractivity contribution is 6.31. The van der Waals surface area contributed by atoms with Crippen molar-refractivity contribution < 1.29 is 4.79 Å². The normalized spacial score (nSPS) is 10.1. The van der Waals surface area contributed by atoms with Gasteiger partial charge in [-0.1, -0.05) is 17.7 Å². The van der Waals surface area contributed by atoms with E-state index in [0.29, 0.717) is 22.0 Å². The topological polar surface area (TPSA) is 68.0 Å². The summed E-state index contributed by atoms with van der Waals surface area (Å²) in [7, 11) is 0. The predicted octanol–water partition coefficient (Wildman–Crippen LogP) is 2.88. The van der Waals surface area contributed by atoms with Gasteiger partial charge in [0.15, 0.2) is 0 Å². The van der Waals surface area contributed by atoms with Crippen LogP contribution in [-0.2, 0) is 0 Å². The molecule has 0 bridgehead atoms. The number of carbonyl (C=O) groups is 1. The number of nitrogen functional groups attached to an aromatic ring is 1. The number of amides is 1. The molecule has 3 N–H and O–H groups in total. The number of anilines is 2. The summed E-state index contributed by atoms with van der Waals surface area (Å²) in [4.78, 5) is 15.9. The molecule has 0 aliphatic carbocycles. The van der Waals surface area contributed by atoms with Crippen LogP contribution < -0.4 is 11.1 Å². The van der Waals surface area contributed by atoms with Crippen LogP contribution >= 0.6 is 11.6 Å². The van der Waals surface area contributed by atoms with E-state index in [1.165, 1.54) is 12.4 Å². The van der Waals surface area contributed by atoms with E-state index in [1.807, 2.05) is 13.0 Å². The first kappa shape index (κ1) is 12.4. The molecule has 4 nitrogen and oxygen atoms in total. The van der Waals surface area contributed by atoms with Gasteiger partial charge in [0, 0.05) is 28.8 Å². The molecule has 1 aromatic heterocycles. The van der Waals surface area contributed by atoms with E-state index >= 15 is 0 Å². The summed E-state index contributed by atoms with van der Waals surface area (Å²) in [6, 6.07) is 6.89. The Bertz CT molecular complexity index is 599. The number of aromatic nitrogens is 1. The number of aryl methyl sites for hydroxylation is 1. The summed E-state index contributed by atoms with van der Waals surface area (Å²) < 4.78 is 0. The lowest BCUT2D eigenvalue weighted by atomic mass is 10.1. The Morgan fingerprint density at radius 2 is 2.17 bits per heavy atom. The molecule has 0 radical (unpaired) electrons. The third kappa shape index (κ3) is 2.60. The zero-order chi connectivity index (χ0) is 13.1. The molecule has 1 heterocycles. The molecule has 5 heteroatoms. The largest absolute Gasteiger partial charge is 0.398 e. The molecule has 1 aromatic carbocycles. The van der Waals surface area contributed by atoms with Crippen LogP contribution in [0.2, 0.25) is 5.02 Å². The van der Waals surface area contributed by atoms with Crippen LogP contribution in [0.15, 0.2) is 36.7 Å². The maximum absolute atomic E-state index is 12.0. The smallest absolute Gasteiger partial charge is 0.259 e. The Hall–Kier alpha value is -2.07. The monoisotopic (exact) mass is 261 g/mol. The van der Waals surface area contributed by atoms with Crippen LogP contribution in [0.5, 0.6) is 0 Å². The minimum absolute atomic E-state index is 0.300. The minimum atomic E-state index is -0.300. The van der Waals surface area contributed by atoms with Crippen molar-refractivity contribution in [1.29, 1.82) is 0 Å². The number of nitrogens with two attached hydrogens (primary N) is 1. The van der Waals surface area contributed by atoms with Gasteiger partial charge in [0.2, 0.25) is 0 Å². The maximum atomic E-state index is 12.0. The molecule has 0 fully saturated rings. The Morgan fingerprint density at radius 3 is 2.89 bits per heavy atom. The molecule has 2 aromatic rings. The Balaban J connectivity index is 2.27. The molecule has 0 aliphatic rings. The molecular formula is C13H12ClN3O. The third-order valence-electron chi connectivity index (χ3n) is 2.55. The van der Waals surface area contributed by atoms with Gasteiger partial charge in [0.25, 0.3) is 5.91 Å². The molecule has 1 amide bonds. The van der Waals surface area contributed by atoms with E-state index in [0.717, 1.165) is 5.56 Å². The molecular weight excluding hydrogens is 250 g/mol. The molecule has 0 saturated heterocycles. The van der Waals surface area contributed by atoms with E-state index in [1.54, 1.807) is 18.2 Å². The summed E-state index contributed by atoms with van der Waals surface area (Å²) in [5.74, 6) is -0.300. The molecule has 0 unspecified atom stereocenters. The van der Waals surface area contributed by atoms with Crippen LogP contribution in [0.1, 0.15) is 15.9 Å². The van der Waals surface area contributed by atoms with Gasteiger partial charge in [0.1, 0.15) is 0 Å². The number of rotatable bonds is 2. The second kappa shape index (κ2) is 5.06. The zero-order valence-electron chi connectivity index (χ0n) is 9.77. The van der Waals surface area contributed by atoms with Gasteiger partial charge < -0.3 is 11.1 Å². The van der Waals surface area contributed by atoms with Gasteiger partial charge in [-0.25, -0.2) is 0 Å². The van der Waals surface area contributed by atoms with Gasteiger partial charge in [0.05, 0.1) is 5.56 Å². The van der Waals surface area contributed by atoms with E-state index in [-0.39, 0.29) is 5.91 Å². The average molecular weight is 262 g/mol. The number of pyridine rings is 1. The van der Waals surface area contributed by atoms with Crippen molar-refractivity contribution in [2.24, 2.45) is 0 Å². The van der Waals surface area contributed by atoms with Gasteiger partial charge in [-0.05, 0) is 30.7 Å². The second-order valence-corrected chi connectivity index (χ2v) is 4.31. The van der Waals surface area contributed by atoms with Crippen LogP contribution in [0.3, 0.4) is 0 Å². The molecule has 2 rings (SSSR count). The summed E-state index contributed by atoms with van der Waals surface area (Å²) in [5.41, 5.74) is 8.04. The van der Waals surface area contributed by atoms with Crippen molar-refractivity contribution in [3.63, 3.8) is 0 Å². The lowest BCUT2D eigenvalue weighted by Gasteiger charge is -2.09. The summed E-state index contributed by atoms with van der Waals surface area (Å²) >= 11 is 5.89. The fourth-order valence-electron chi connectivity index (χ4n) is 1.51. The maximum Gasteiger partial charge on any atom is 0.259 e. The van der Waals surface area contributed by atoms with Crippen molar-refractivity contribution >= 4 is 28.9 Å². The fraction of sp³-hybridized carbons (Fsp3) is 0.0769. The minimum Gasteiger partial charge on any atom is -0.398 e. The molecule has 0 atom stereocenters. The third-order valence-corrected chi connectivity index (χ3v) is 2.78. The number of halogens is 1. The Labute approximate surface area is 110 Å². The number of carbonyl (C=O) groups excluding carboxylic acids is 1. The van der Waals surface area contributed by atoms with Crippen LogP contribution in [-0.4, -0.2) is 10.9 Å². The fourth-order valence-corrected chi connectivity index (χ4v) is 1.69. The van der Waals surface area contributed by atoms with Crippen molar-refractivity contribution in [3.8, 4) is 0 Å². The first-order valence-electron chi connectivity index (χ1n) is 5.35. The zero-order valence-corrected chi connectivity index (χ0v) is 10.5. The molecule has 0 spiro atoms. The lowest BCUT2D eigenvalue weighted by molar-refractivity contribution is 0.102. The van der Waals surface area contributed by atoms with Crippen LogP contribution in [0, 0.1) is 6.92 Å². The Kier molecular flexibility index (Phi) is 3.48. The number of benzene rings is 1. The van der Waals surface area contributed by atoms with E-state index < -0.39 is 0 Å². The Morgan fingerprint density at radius 1 is 1.39 bits per heavy atom. The van der Waals surface area contributed by atoms with Gasteiger partial charge >= 0.3 is 0 Å². The summed E-state index contributed by atoms with van der Waals surface area (Å²) in [6.07, 6.45) is 2.97. The first-order valence-corrected chi connectivity index (χ1v) is 5.72. The standard InChI is InChI=1S/C13H12ClN3O/c1-8-2-3-9(14)6-12(8)17-13(18)10-7-16-5-4-11(10)15/h2-7H,1H3,(H2,15,16)(H,17,18). The first-order chi connectivity index (χ1) is 8.58. The molecule has 0 aliphatic heterocycles. The van der Waals surface area contributed by atoms with Crippen molar-refractivity contribution in [2.75, 3.05) is 11.1 Å². The van der Waals surface area contributed by atoms with Gasteiger partial charge in [-0.15, -0.1) is 0 Å². The van der Waals surface area contributed by atoms with Crippen molar-refractivity contribution in [2.45, 2.75) is 6.92 Å². The van der Waals surface area contributed by atoms with E-state index in [9.17, 15) is 4.79 Å².